The first-order chi connectivity index (χ1) is 12.2. The molecule has 0 saturated carbocycles. The Bertz CT molecular complexity index is 786. The van der Waals surface area contributed by atoms with Crippen LogP contribution in [0, 0.1) is 0 Å². The average Bonchev–Trinajstić information content (AvgIpc) is 3.14. The molecule has 3 aromatic rings. The van der Waals surface area contributed by atoms with Crippen molar-refractivity contribution >= 4 is 17.5 Å². The Morgan fingerprint density at radius 3 is 2.52 bits per heavy atom. The normalized spacial score (nSPS) is 11.9. The number of nitrogens with zero attached hydrogens (tertiary/aromatic N) is 2. The lowest BCUT2D eigenvalue weighted by Gasteiger charge is -2.18. The van der Waals surface area contributed by atoms with E-state index in [2.05, 4.69) is 14.9 Å². The van der Waals surface area contributed by atoms with Crippen molar-refractivity contribution in [1.29, 1.82) is 0 Å². The fourth-order valence-electron chi connectivity index (χ4n) is 2.76. The molecule has 0 spiro atoms. The van der Waals surface area contributed by atoms with Crippen LogP contribution in [-0.4, -0.2) is 15.5 Å². The minimum atomic E-state index is 0.0118. The Balaban J connectivity index is 1.66. The Morgan fingerprint density at radius 1 is 1.08 bits per heavy atom. The number of nitrogens with one attached hydrogen (secondary N) is 1. The maximum Gasteiger partial charge on any atom is 0.220 e. The van der Waals surface area contributed by atoms with E-state index in [4.69, 9.17) is 11.6 Å². The predicted molar refractivity (Wildman–Crippen MR) is 99.3 cm³/mol. The summed E-state index contributed by atoms with van der Waals surface area (Å²) in [6.07, 6.45) is 6.15. The molecule has 1 atom stereocenters. The van der Waals surface area contributed by atoms with E-state index in [1.807, 2.05) is 67.0 Å². The fourth-order valence-corrected chi connectivity index (χ4v) is 2.88. The van der Waals surface area contributed by atoms with Gasteiger partial charge < -0.3 is 9.88 Å². The monoisotopic (exact) mass is 353 g/mol. The van der Waals surface area contributed by atoms with Gasteiger partial charge in [0.15, 0.2) is 0 Å². The van der Waals surface area contributed by atoms with Gasteiger partial charge in [-0.05, 0) is 42.0 Å². The van der Waals surface area contributed by atoms with Crippen LogP contribution in [0.5, 0.6) is 0 Å². The zero-order chi connectivity index (χ0) is 17.5. The second kappa shape index (κ2) is 8.49. The number of carbonyl (C=O) groups is 1. The summed E-state index contributed by atoms with van der Waals surface area (Å²) in [5.41, 5.74) is 1.95. The lowest BCUT2D eigenvalue weighted by atomic mass is 9.95. The first-order valence-electron chi connectivity index (χ1n) is 8.23. The summed E-state index contributed by atoms with van der Waals surface area (Å²) in [5.74, 6) is 0.0890. The number of amides is 1. The van der Waals surface area contributed by atoms with E-state index in [0.717, 1.165) is 17.8 Å². The highest BCUT2D eigenvalue weighted by molar-refractivity contribution is 6.30. The molecule has 0 bridgehead atoms. The van der Waals surface area contributed by atoms with Crippen molar-refractivity contribution in [2.45, 2.75) is 25.4 Å². The van der Waals surface area contributed by atoms with Crippen molar-refractivity contribution in [2.24, 2.45) is 0 Å². The molecule has 0 aliphatic carbocycles. The van der Waals surface area contributed by atoms with Crippen LogP contribution in [0.4, 0.5) is 0 Å². The van der Waals surface area contributed by atoms with Crippen molar-refractivity contribution in [3.63, 3.8) is 0 Å². The standard InChI is InChI=1S/C20H20ClN3O/c21-18-8-6-16(7-9-18)17(15-24-11-3-4-12-24)13-20(25)23-14-19-5-1-2-10-22-19/h1-12,17H,13-15H2,(H,23,25)/t17-/m0/s1. The number of halogens is 1. The van der Waals surface area contributed by atoms with E-state index < -0.39 is 0 Å². The highest BCUT2D eigenvalue weighted by Crippen LogP contribution is 2.24. The Kier molecular flexibility index (Phi) is 5.86. The summed E-state index contributed by atoms with van der Waals surface area (Å²) in [6.45, 7) is 1.18. The maximum atomic E-state index is 12.4. The van der Waals surface area contributed by atoms with Crippen molar-refractivity contribution in [3.05, 3.63) is 89.5 Å². The third-order valence-corrected chi connectivity index (χ3v) is 4.32. The summed E-state index contributed by atoms with van der Waals surface area (Å²) in [7, 11) is 0. The summed E-state index contributed by atoms with van der Waals surface area (Å²) >= 11 is 5.99. The van der Waals surface area contributed by atoms with Gasteiger partial charge >= 0.3 is 0 Å². The number of hydrogen-bond donors (Lipinski definition) is 1. The fraction of sp³-hybridized carbons (Fsp3) is 0.200. The lowest BCUT2D eigenvalue weighted by molar-refractivity contribution is -0.121. The summed E-state index contributed by atoms with van der Waals surface area (Å²) in [6, 6.07) is 17.4. The van der Waals surface area contributed by atoms with Gasteiger partial charge in [-0.2, -0.15) is 0 Å². The first kappa shape index (κ1) is 17.2. The van der Waals surface area contributed by atoms with E-state index in [1.165, 1.54) is 0 Å². The van der Waals surface area contributed by atoms with E-state index in [-0.39, 0.29) is 11.8 Å². The van der Waals surface area contributed by atoms with Gasteiger partial charge in [-0.3, -0.25) is 9.78 Å². The summed E-state index contributed by atoms with van der Waals surface area (Å²) in [5, 5.41) is 3.65. The molecule has 25 heavy (non-hydrogen) atoms. The molecule has 2 heterocycles. The summed E-state index contributed by atoms with van der Waals surface area (Å²) < 4.78 is 2.09. The number of pyridine rings is 1. The molecule has 128 valence electrons. The minimum absolute atomic E-state index is 0.0118. The van der Waals surface area contributed by atoms with Crippen LogP contribution >= 0.6 is 11.6 Å². The highest BCUT2D eigenvalue weighted by Gasteiger charge is 2.17. The van der Waals surface area contributed by atoms with Gasteiger partial charge in [-0.1, -0.05) is 29.8 Å². The number of hydrogen-bond acceptors (Lipinski definition) is 2. The zero-order valence-corrected chi connectivity index (χ0v) is 14.6. The minimum Gasteiger partial charge on any atom is -0.354 e. The Morgan fingerprint density at radius 2 is 1.84 bits per heavy atom. The van der Waals surface area contributed by atoms with Gasteiger partial charge in [0.25, 0.3) is 0 Å². The van der Waals surface area contributed by atoms with Crippen molar-refractivity contribution in [2.75, 3.05) is 0 Å². The third-order valence-electron chi connectivity index (χ3n) is 4.06. The molecular formula is C20H20ClN3O. The quantitative estimate of drug-likeness (QED) is 0.697. The molecule has 1 amide bonds. The van der Waals surface area contributed by atoms with Gasteiger partial charge in [-0.15, -0.1) is 0 Å². The number of carbonyl (C=O) groups excluding carboxylic acids is 1. The Labute approximate surface area is 152 Å². The second-order valence-corrected chi connectivity index (χ2v) is 6.37. The molecule has 0 fully saturated rings. The molecule has 3 rings (SSSR count). The molecule has 1 N–H and O–H groups in total. The van der Waals surface area contributed by atoms with Crippen LogP contribution in [0.15, 0.2) is 73.2 Å². The Hall–Kier alpha value is -2.59. The topological polar surface area (TPSA) is 46.9 Å². The van der Waals surface area contributed by atoms with Gasteiger partial charge in [0.05, 0.1) is 12.2 Å². The van der Waals surface area contributed by atoms with Crippen molar-refractivity contribution in [3.8, 4) is 0 Å². The van der Waals surface area contributed by atoms with Gasteiger partial charge in [-0.25, -0.2) is 0 Å². The van der Waals surface area contributed by atoms with Gasteiger partial charge in [0, 0.05) is 42.5 Å². The van der Waals surface area contributed by atoms with Crippen LogP contribution in [0.3, 0.4) is 0 Å². The molecule has 5 heteroatoms. The molecule has 1 aromatic carbocycles. The smallest absolute Gasteiger partial charge is 0.220 e. The highest BCUT2D eigenvalue weighted by atomic mass is 35.5. The van der Waals surface area contributed by atoms with E-state index in [1.54, 1.807) is 6.20 Å². The summed E-state index contributed by atoms with van der Waals surface area (Å²) in [4.78, 5) is 16.6. The van der Waals surface area contributed by atoms with Crippen LogP contribution in [-0.2, 0) is 17.9 Å². The first-order valence-corrected chi connectivity index (χ1v) is 8.61. The zero-order valence-electron chi connectivity index (χ0n) is 13.8. The van der Waals surface area contributed by atoms with E-state index >= 15 is 0 Å². The maximum absolute atomic E-state index is 12.4. The SMILES string of the molecule is O=C(C[C@@H](Cn1cccc1)c1ccc(Cl)cc1)NCc1ccccn1. The van der Waals surface area contributed by atoms with Crippen molar-refractivity contribution in [1.82, 2.24) is 14.9 Å². The molecule has 0 unspecified atom stereocenters. The third kappa shape index (κ3) is 5.19. The largest absolute Gasteiger partial charge is 0.354 e. The molecular weight excluding hydrogens is 334 g/mol. The molecule has 0 aliphatic heterocycles. The van der Waals surface area contributed by atoms with Crippen LogP contribution in [0.25, 0.3) is 0 Å². The van der Waals surface area contributed by atoms with Crippen molar-refractivity contribution < 1.29 is 4.79 Å². The van der Waals surface area contributed by atoms with Crippen LogP contribution in [0.1, 0.15) is 23.6 Å². The molecule has 0 radical (unpaired) electrons. The van der Waals surface area contributed by atoms with Crippen LogP contribution < -0.4 is 5.32 Å². The molecule has 0 aliphatic rings. The molecule has 2 aromatic heterocycles. The van der Waals surface area contributed by atoms with E-state index in [9.17, 15) is 4.79 Å². The average molecular weight is 354 g/mol. The number of benzene rings is 1. The molecule has 4 nitrogen and oxygen atoms in total. The predicted octanol–water partition coefficient (Wildman–Crippen LogP) is 4.03. The second-order valence-electron chi connectivity index (χ2n) is 5.93. The molecule has 0 saturated heterocycles. The number of rotatable bonds is 7. The number of aromatic nitrogens is 2. The van der Waals surface area contributed by atoms with Crippen LogP contribution in [0.2, 0.25) is 5.02 Å². The lowest BCUT2D eigenvalue weighted by Crippen LogP contribution is -2.26. The van der Waals surface area contributed by atoms with Gasteiger partial charge in [0.1, 0.15) is 0 Å². The van der Waals surface area contributed by atoms with Gasteiger partial charge in [0.2, 0.25) is 5.91 Å². The van der Waals surface area contributed by atoms with E-state index in [0.29, 0.717) is 18.0 Å².